The Kier molecular flexibility index (Phi) is 18.7. The van der Waals surface area contributed by atoms with Gasteiger partial charge in [0.2, 0.25) is 0 Å². The van der Waals surface area contributed by atoms with Crippen LogP contribution in [0.2, 0.25) is 0 Å². The zero-order chi connectivity index (χ0) is 7.86. The van der Waals surface area contributed by atoms with Crippen molar-refractivity contribution in [1.29, 1.82) is 0 Å². The van der Waals surface area contributed by atoms with Crippen molar-refractivity contribution >= 4 is 11.9 Å². The van der Waals surface area contributed by atoms with Gasteiger partial charge in [-0.15, -0.1) is 0 Å². The van der Waals surface area contributed by atoms with E-state index in [-0.39, 0.29) is 28.9 Å². The van der Waals surface area contributed by atoms with Gasteiger partial charge < -0.3 is 25.5 Å². The first-order valence-corrected chi connectivity index (χ1v) is 2.08. The van der Waals surface area contributed by atoms with Crippen molar-refractivity contribution in [2.75, 3.05) is 6.54 Å². The number of aliphatic carboxylic acids is 2. The van der Waals surface area contributed by atoms with E-state index < -0.39 is 11.9 Å². The van der Waals surface area contributed by atoms with E-state index in [4.69, 9.17) is 19.8 Å². The molecule has 0 atom stereocenters. The maximum absolute atomic E-state index is 9.13. The van der Waals surface area contributed by atoms with E-state index in [0.717, 1.165) is 6.92 Å². The zero-order valence-electron chi connectivity index (χ0n) is 5.22. The molecule has 0 saturated carbocycles. The first-order valence-electron chi connectivity index (χ1n) is 2.08. The third-order valence-corrected chi connectivity index (χ3v) is 0.167. The van der Waals surface area contributed by atoms with Crippen LogP contribution in [-0.4, -0.2) is 18.5 Å². The molecule has 0 aliphatic heterocycles. The fourth-order valence-corrected chi connectivity index (χ4v) is 0. The van der Waals surface area contributed by atoms with Gasteiger partial charge in [0, 0.05) is 12.5 Å². The van der Waals surface area contributed by atoms with Gasteiger partial charge in [-0.1, -0.05) is 0 Å². The van der Waals surface area contributed by atoms with E-state index in [9.17, 15) is 0 Å². The average Bonchev–Trinajstić information content (AvgIpc) is 1.65. The Bertz CT molecular complexity index is 101. The number of carboxylic acid groups (broad SMARTS) is 2. The van der Waals surface area contributed by atoms with Crippen molar-refractivity contribution < 1.29 is 42.2 Å². The van der Waals surface area contributed by atoms with Gasteiger partial charge in [0.15, 0.2) is 0 Å². The number of hydrogen-bond acceptors (Lipinski definition) is 5. The molecular weight excluding hydrogens is 234 g/mol. The van der Waals surface area contributed by atoms with Crippen LogP contribution in [0.25, 0.3) is 0 Å². The Balaban J connectivity index is -0.0000000910. The van der Waals surface area contributed by atoms with Crippen molar-refractivity contribution in [3.63, 3.8) is 0 Å². The van der Waals surface area contributed by atoms with Crippen LogP contribution < -0.4 is 15.9 Å². The third kappa shape index (κ3) is 125. The summed E-state index contributed by atoms with van der Waals surface area (Å²) < 4.78 is 0. The summed E-state index contributed by atoms with van der Waals surface area (Å²) in [6.07, 6.45) is 0. The summed E-state index contributed by atoms with van der Waals surface area (Å²) in [5, 5.41) is 18.0. The van der Waals surface area contributed by atoms with E-state index in [0.29, 0.717) is 0 Å². The average molecular weight is 241 g/mol. The third-order valence-electron chi connectivity index (χ3n) is 0.167. The van der Waals surface area contributed by atoms with Crippen LogP contribution in [0.1, 0.15) is 6.92 Å². The number of rotatable bonds is 1. The standard InChI is InChI=1S/C2H5NO2.C2H4O2.Ag/c3-1-2(4)5;1-2(3)4;/h1,3H2,(H,4,5);1H3,(H,3,4);/q;;+2/p-2. The molecule has 5 nitrogen and oxygen atoms in total. The number of carbonyl (C=O) groups is 2. The molecule has 0 aliphatic carbocycles. The van der Waals surface area contributed by atoms with Crippen molar-refractivity contribution in [2.45, 2.75) is 6.92 Å². The normalized spacial score (nSPS) is 6.20. The van der Waals surface area contributed by atoms with Crippen LogP contribution in [0.5, 0.6) is 0 Å². The van der Waals surface area contributed by atoms with E-state index in [1.165, 1.54) is 0 Å². The van der Waals surface area contributed by atoms with E-state index in [2.05, 4.69) is 5.73 Å². The van der Waals surface area contributed by atoms with Crippen LogP contribution in [0, 0.1) is 0 Å². The molecule has 0 bridgehead atoms. The monoisotopic (exact) mass is 240 g/mol. The summed E-state index contributed by atoms with van der Waals surface area (Å²) in [4.78, 5) is 18.0. The molecule has 2 N–H and O–H groups in total. The van der Waals surface area contributed by atoms with Gasteiger partial charge >= 0.3 is 22.4 Å². The fourth-order valence-electron chi connectivity index (χ4n) is 0. The molecule has 0 fully saturated rings. The minimum atomic E-state index is -1.22. The summed E-state index contributed by atoms with van der Waals surface area (Å²) in [5.74, 6) is -2.30. The number of carboxylic acids is 2. The van der Waals surface area contributed by atoms with Crippen molar-refractivity contribution in [3.8, 4) is 0 Å². The fraction of sp³-hybridized carbons (Fsp3) is 0.500. The maximum Gasteiger partial charge on any atom is 2.00 e. The van der Waals surface area contributed by atoms with Gasteiger partial charge in [0.05, 0.1) is 5.97 Å². The van der Waals surface area contributed by atoms with Gasteiger partial charge in [-0.3, -0.25) is 0 Å². The van der Waals surface area contributed by atoms with Crippen LogP contribution in [0.3, 0.4) is 0 Å². The van der Waals surface area contributed by atoms with Gasteiger partial charge in [-0.2, -0.15) is 0 Å². The van der Waals surface area contributed by atoms with Crippen LogP contribution in [-0.2, 0) is 32.0 Å². The van der Waals surface area contributed by atoms with Crippen molar-refractivity contribution in [2.24, 2.45) is 5.73 Å². The van der Waals surface area contributed by atoms with E-state index >= 15 is 0 Å². The topological polar surface area (TPSA) is 106 Å². The summed E-state index contributed by atoms with van der Waals surface area (Å²) in [7, 11) is 0. The largest absolute Gasteiger partial charge is 2.00 e. The second-order valence-corrected chi connectivity index (χ2v) is 1.07. The Morgan fingerprint density at radius 1 is 1.40 bits per heavy atom. The van der Waals surface area contributed by atoms with Crippen LogP contribution >= 0.6 is 0 Å². The summed E-state index contributed by atoms with van der Waals surface area (Å²) in [5.41, 5.74) is 4.51. The maximum atomic E-state index is 9.13. The van der Waals surface area contributed by atoms with Crippen LogP contribution in [0.15, 0.2) is 0 Å². The Morgan fingerprint density at radius 2 is 1.50 bits per heavy atom. The Morgan fingerprint density at radius 3 is 1.50 bits per heavy atom. The smallest absolute Gasteiger partial charge is 0.550 e. The molecule has 63 valence electrons. The molecule has 0 saturated heterocycles. The molecule has 0 aliphatic rings. The van der Waals surface area contributed by atoms with Crippen LogP contribution in [0.4, 0.5) is 0 Å². The van der Waals surface area contributed by atoms with E-state index in [1.54, 1.807) is 0 Å². The molecule has 0 unspecified atom stereocenters. The molecule has 10 heavy (non-hydrogen) atoms. The summed E-state index contributed by atoms with van der Waals surface area (Å²) in [6.45, 7) is 0.583. The molecule has 0 rings (SSSR count). The molecule has 0 heterocycles. The summed E-state index contributed by atoms with van der Waals surface area (Å²) in [6, 6.07) is 0. The predicted octanol–water partition coefficient (Wildman–Crippen LogP) is -3.55. The SMILES string of the molecule is CC(=O)[O-].NCC(=O)[O-].[Ag+2]. The first kappa shape index (κ1) is 16.3. The number of carbonyl (C=O) groups excluding carboxylic acids is 2. The molecule has 1 radical (unpaired) electrons. The second-order valence-electron chi connectivity index (χ2n) is 1.07. The second kappa shape index (κ2) is 11.4. The Labute approximate surface area is 73.7 Å². The minimum Gasteiger partial charge on any atom is -0.550 e. The summed E-state index contributed by atoms with van der Waals surface area (Å²) >= 11 is 0. The van der Waals surface area contributed by atoms with E-state index in [1.807, 2.05) is 0 Å². The molecule has 0 aromatic rings. The minimum absolute atomic E-state index is 0. The van der Waals surface area contributed by atoms with Gasteiger partial charge in [-0.05, 0) is 6.92 Å². The van der Waals surface area contributed by atoms with Gasteiger partial charge in [0.25, 0.3) is 0 Å². The van der Waals surface area contributed by atoms with Crippen molar-refractivity contribution in [1.82, 2.24) is 0 Å². The van der Waals surface area contributed by atoms with Crippen molar-refractivity contribution in [3.05, 3.63) is 0 Å². The zero-order valence-corrected chi connectivity index (χ0v) is 6.70. The number of nitrogens with two attached hydrogens (primary N) is 1. The first-order chi connectivity index (χ1) is 4.00. The predicted molar refractivity (Wildman–Crippen MR) is 24.7 cm³/mol. The van der Waals surface area contributed by atoms with Gasteiger partial charge in [0.1, 0.15) is 0 Å². The number of hydrogen-bond donors (Lipinski definition) is 1. The molecule has 0 amide bonds. The van der Waals surface area contributed by atoms with Gasteiger partial charge in [-0.25, -0.2) is 0 Å². The molecule has 6 heteroatoms. The molecule has 0 aromatic carbocycles. The Hall–Kier alpha value is -0.360. The molecule has 0 aromatic heterocycles. The molecule has 0 spiro atoms. The molecular formula is C4H7AgNO4. The quantitative estimate of drug-likeness (QED) is 0.478.